The van der Waals surface area contributed by atoms with E-state index in [4.69, 9.17) is 4.74 Å². The van der Waals surface area contributed by atoms with Crippen molar-refractivity contribution >= 4 is 17.6 Å². The van der Waals surface area contributed by atoms with Crippen LogP contribution in [0.3, 0.4) is 0 Å². The lowest BCUT2D eigenvalue weighted by Gasteiger charge is -2.36. The molecule has 1 aromatic carbocycles. The van der Waals surface area contributed by atoms with Crippen molar-refractivity contribution in [3.63, 3.8) is 0 Å². The normalized spacial score (nSPS) is 14.2. The number of hydrogen-bond donors (Lipinski definition) is 1. The number of nitrogens with one attached hydrogen (secondary N) is 1. The van der Waals surface area contributed by atoms with Crippen LogP contribution in [-0.2, 0) is 16.1 Å². The van der Waals surface area contributed by atoms with Gasteiger partial charge in [0.25, 0.3) is 5.56 Å². The zero-order chi connectivity index (χ0) is 20.4. The fourth-order valence-electron chi connectivity index (χ4n) is 3.55. The zero-order valence-electron chi connectivity index (χ0n) is 16.0. The van der Waals surface area contributed by atoms with Crippen molar-refractivity contribution in [1.82, 2.24) is 19.7 Å². The highest BCUT2D eigenvalue weighted by Crippen LogP contribution is 2.21. The molecule has 0 aromatic heterocycles. The van der Waals surface area contributed by atoms with Crippen molar-refractivity contribution in [2.45, 2.75) is 6.54 Å². The number of carbonyl (C=O) groups excluding carboxylic acids is 2. The third-order valence-corrected chi connectivity index (χ3v) is 5.09. The molecule has 9 nitrogen and oxygen atoms in total. The van der Waals surface area contributed by atoms with Gasteiger partial charge in [-0.2, -0.15) is 5.10 Å². The predicted octanol–water partition coefficient (Wildman–Crippen LogP) is 0.812. The van der Waals surface area contributed by atoms with Crippen molar-refractivity contribution in [3.8, 4) is 11.3 Å². The molecule has 29 heavy (non-hydrogen) atoms. The van der Waals surface area contributed by atoms with Crippen molar-refractivity contribution in [1.29, 1.82) is 0 Å². The minimum Gasteiger partial charge on any atom is -0.465 e. The Morgan fingerprint density at radius 1 is 1.10 bits per heavy atom. The number of aromatic amines is 1. The number of amides is 1. The van der Waals surface area contributed by atoms with Gasteiger partial charge in [0.2, 0.25) is 5.91 Å². The van der Waals surface area contributed by atoms with Crippen LogP contribution in [-0.4, -0.2) is 64.8 Å². The number of fused-ring (bicyclic) bond motifs is 1. The second-order valence-corrected chi connectivity index (χ2v) is 6.85. The third kappa shape index (κ3) is 3.71. The van der Waals surface area contributed by atoms with Crippen LogP contribution in [0.1, 0.15) is 10.4 Å². The Balaban J connectivity index is 1.48. The SMILES string of the molecule is COC(=O)c1cn(CC(=O)N2CCN(c3ccccc3)CC2)cc2c(=O)[nH]nc1-2. The van der Waals surface area contributed by atoms with Crippen LogP contribution in [0.2, 0.25) is 0 Å². The minimum absolute atomic E-state index is 0.0237. The summed E-state index contributed by atoms with van der Waals surface area (Å²) < 4.78 is 6.31. The lowest BCUT2D eigenvalue weighted by molar-refractivity contribution is -0.132. The molecule has 3 aliphatic heterocycles. The van der Waals surface area contributed by atoms with Crippen LogP contribution in [0.15, 0.2) is 47.5 Å². The lowest BCUT2D eigenvalue weighted by atomic mass is 10.1. The number of benzene rings is 1. The van der Waals surface area contributed by atoms with E-state index in [1.165, 1.54) is 24.1 Å². The maximum absolute atomic E-state index is 12.8. The maximum Gasteiger partial charge on any atom is 0.341 e. The standard InChI is InChI=1S/C20H21N5O4/c1-29-20(28)16-12-23(11-15-18(16)21-22-19(15)27)13-17(26)25-9-7-24(8-10-25)14-5-3-2-4-6-14/h2-6,11-12H,7-10,13H2,1H3,(H,22,27). The van der Waals surface area contributed by atoms with Gasteiger partial charge in [-0.1, -0.05) is 18.2 Å². The molecule has 1 saturated heterocycles. The van der Waals surface area contributed by atoms with Gasteiger partial charge in [0.1, 0.15) is 17.8 Å². The highest BCUT2D eigenvalue weighted by molar-refractivity contribution is 5.96. The first-order valence-corrected chi connectivity index (χ1v) is 9.31. The molecule has 1 aromatic rings. The molecule has 4 rings (SSSR count). The first-order valence-electron chi connectivity index (χ1n) is 9.31. The molecule has 1 N–H and O–H groups in total. The van der Waals surface area contributed by atoms with Crippen LogP contribution in [0, 0.1) is 0 Å². The van der Waals surface area contributed by atoms with E-state index in [1.807, 2.05) is 18.2 Å². The van der Waals surface area contributed by atoms with E-state index in [0.29, 0.717) is 13.1 Å². The Labute approximate surface area is 166 Å². The number of carbonyl (C=O) groups is 2. The summed E-state index contributed by atoms with van der Waals surface area (Å²) in [6.45, 7) is 2.74. The number of H-pyrrole nitrogens is 1. The van der Waals surface area contributed by atoms with E-state index in [9.17, 15) is 14.4 Å². The molecular weight excluding hydrogens is 374 g/mol. The minimum atomic E-state index is -0.611. The number of aromatic nitrogens is 3. The van der Waals surface area contributed by atoms with Gasteiger partial charge in [0.15, 0.2) is 0 Å². The van der Waals surface area contributed by atoms with Crippen LogP contribution >= 0.6 is 0 Å². The Kier molecular flexibility index (Phi) is 5.03. The number of para-hydroxylation sites is 1. The van der Waals surface area contributed by atoms with Gasteiger partial charge in [-0.25, -0.2) is 9.89 Å². The molecule has 0 aliphatic carbocycles. The lowest BCUT2D eigenvalue weighted by Crippen LogP contribution is -2.49. The Hall–Kier alpha value is -3.62. The number of ether oxygens (including phenoxy) is 1. The zero-order valence-corrected chi connectivity index (χ0v) is 16.0. The summed E-state index contributed by atoms with van der Waals surface area (Å²) in [6.07, 6.45) is 3.03. The van der Waals surface area contributed by atoms with Crippen LogP contribution in [0.25, 0.3) is 11.3 Å². The Morgan fingerprint density at radius 3 is 2.52 bits per heavy atom. The summed E-state index contributed by atoms with van der Waals surface area (Å²) in [7, 11) is 1.26. The van der Waals surface area contributed by atoms with E-state index in [1.54, 1.807) is 4.90 Å². The average molecular weight is 395 g/mol. The highest BCUT2D eigenvalue weighted by Gasteiger charge is 2.24. The van der Waals surface area contributed by atoms with Gasteiger partial charge >= 0.3 is 5.97 Å². The van der Waals surface area contributed by atoms with E-state index < -0.39 is 11.5 Å². The molecule has 9 heteroatoms. The summed E-state index contributed by atoms with van der Waals surface area (Å²) in [5.74, 6) is -0.686. The number of nitrogens with zero attached hydrogens (tertiary/aromatic N) is 4. The molecule has 1 amide bonds. The molecule has 0 radical (unpaired) electrons. The summed E-state index contributed by atoms with van der Waals surface area (Å²) in [5, 5.41) is 6.21. The topological polar surface area (TPSA) is 101 Å². The van der Waals surface area contributed by atoms with Crippen molar-refractivity contribution < 1.29 is 14.3 Å². The summed E-state index contributed by atoms with van der Waals surface area (Å²) in [6, 6.07) is 10.1. The molecule has 0 spiro atoms. The third-order valence-electron chi connectivity index (χ3n) is 5.09. The first kappa shape index (κ1) is 18.7. The van der Waals surface area contributed by atoms with E-state index in [0.717, 1.165) is 18.8 Å². The molecule has 0 atom stereocenters. The summed E-state index contributed by atoms with van der Waals surface area (Å²) in [4.78, 5) is 40.8. The van der Waals surface area contributed by atoms with Crippen LogP contribution in [0.5, 0.6) is 0 Å². The molecule has 0 unspecified atom stereocenters. The number of rotatable bonds is 4. The Morgan fingerprint density at radius 2 is 1.83 bits per heavy atom. The quantitative estimate of drug-likeness (QED) is 0.656. The molecule has 3 aliphatic rings. The second-order valence-electron chi connectivity index (χ2n) is 6.85. The van der Waals surface area contributed by atoms with Gasteiger partial charge in [0, 0.05) is 44.3 Å². The largest absolute Gasteiger partial charge is 0.465 e. The molecule has 150 valence electrons. The van der Waals surface area contributed by atoms with Crippen molar-refractivity contribution in [3.05, 3.63) is 58.6 Å². The van der Waals surface area contributed by atoms with Gasteiger partial charge in [-0.15, -0.1) is 0 Å². The predicted molar refractivity (Wildman–Crippen MR) is 106 cm³/mol. The van der Waals surface area contributed by atoms with E-state index >= 15 is 0 Å². The number of piperazine rings is 1. The summed E-state index contributed by atoms with van der Waals surface area (Å²) >= 11 is 0. The van der Waals surface area contributed by atoms with Crippen molar-refractivity contribution in [2.75, 3.05) is 38.2 Å². The van der Waals surface area contributed by atoms with E-state index in [2.05, 4.69) is 27.2 Å². The summed E-state index contributed by atoms with van der Waals surface area (Å²) in [5.41, 5.74) is 1.36. The maximum atomic E-state index is 12.8. The molecule has 0 saturated carbocycles. The number of hydrogen-bond acceptors (Lipinski definition) is 6. The van der Waals surface area contributed by atoms with Gasteiger partial charge in [0.05, 0.1) is 12.7 Å². The van der Waals surface area contributed by atoms with Gasteiger partial charge in [-0.05, 0) is 12.1 Å². The Bertz CT molecular complexity index is 1050. The average Bonchev–Trinajstić information content (AvgIpc) is 3.14. The van der Waals surface area contributed by atoms with Crippen molar-refractivity contribution in [2.24, 2.45) is 0 Å². The van der Waals surface area contributed by atoms with Crippen LogP contribution < -0.4 is 10.5 Å². The molecule has 1 fully saturated rings. The van der Waals surface area contributed by atoms with Gasteiger partial charge in [-0.3, -0.25) is 9.59 Å². The molecular formula is C20H21N5O4. The number of esters is 1. The smallest absolute Gasteiger partial charge is 0.341 e. The molecule has 0 bridgehead atoms. The number of pyridine rings is 1. The van der Waals surface area contributed by atoms with E-state index in [-0.39, 0.29) is 29.3 Å². The molecule has 3 heterocycles. The number of anilines is 1. The second kappa shape index (κ2) is 7.78. The van der Waals surface area contributed by atoms with Crippen LogP contribution in [0.4, 0.5) is 5.69 Å². The fraction of sp³-hybridized carbons (Fsp3) is 0.300. The fourth-order valence-corrected chi connectivity index (χ4v) is 3.55. The monoisotopic (exact) mass is 395 g/mol. The first-order chi connectivity index (χ1) is 14.1. The number of methoxy groups -OCH3 is 1. The van der Waals surface area contributed by atoms with Gasteiger partial charge < -0.3 is 19.1 Å². The highest BCUT2D eigenvalue weighted by atomic mass is 16.5.